The SMILES string of the molecule is CC(C)(C)c1ccc2c(c1)C1CCC3=Cc4ccc(C(C)(C)C)cc4C3CCC1=C2. The van der Waals surface area contributed by atoms with Gasteiger partial charge in [0.25, 0.3) is 0 Å². The zero-order valence-electron chi connectivity index (χ0n) is 19.6. The molecule has 0 N–H and O–H groups in total. The second kappa shape index (κ2) is 6.71. The highest BCUT2D eigenvalue weighted by molar-refractivity contribution is 5.70. The molecule has 2 unspecified atom stereocenters. The number of hydrogen-bond acceptors (Lipinski definition) is 0. The number of rotatable bonds is 0. The van der Waals surface area contributed by atoms with Crippen molar-refractivity contribution >= 4 is 12.2 Å². The van der Waals surface area contributed by atoms with Gasteiger partial charge < -0.3 is 0 Å². The Bertz CT molecular complexity index is 975. The van der Waals surface area contributed by atoms with Crippen LogP contribution >= 0.6 is 0 Å². The van der Waals surface area contributed by atoms with E-state index in [9.17, 15) is 0 Å². The fourth-order valence-corrected chi connectivity index (χ4v) is 5.75. The highest BCUT2D eigenvalue weighted by atomic mass is 14.4. The first-order valence-electron chi connectivity index (χ1n) is 11.8. The summed E-state index contributed by atoms with van der Waals surface area (Å²) in [4.78, 5) is 0. The topological polar surface area (TPSA) is 0 Å². The third-order valence-corrected chi connectivity index (χ3v) is 7.68. The Balaban J connectivity index is 1.45. The van der Waals surface area contributed by atoms with Crippen LogP contribution in [0.15, 0.2) is 47.5 Å². The van der Waals surface area contributed by atoms with E-state index in [0.29, 0.717) is 11.8 Å². The molecule has 2 aromatic rings. The van der Waals surface area contributed by atoms with E-state index in [0.717, 1.165) is 0 Å². The summed E-state index contributed by atoms with van der Waals surface area (Å²) in [7, 11) is 0. The smallest absolute Gasteiger partial charge is 0.00605 e. The summed E-state index contributed by atoms with van der Waals surface area (Å²) >= 11 is 0. The van der Waals surface area contributed by atoms with Crippen LogP contribution in [0.25, 0.3) is 12.2 Å². The quantitative estimate of drug-likeness (QED) is 0.418. The maximum absolute atomic E-state index is 2.52. The molecular weight excluding hydrogens is 360 g/mol. The van der Waals surface area contributed by atoms with E-state index in [1.165, 1.54) is 47.9 Å². The Kier molecular flexibility index (Phi) is 4.44. The molecule has 1 fully saturated rings. The van der Waals surface area contributed by atoms with Crippen molar-refractivity contribution in [2.24, 2.45) is 0 Å². The molecule has 0 heteroatoms. The maximum Gasteiger partial charge on any atom is 0.00605 e. The second-order valence-electron chi connectivity index (χ2n) is 11.8. The number of hydrogen-bond donors (Lipinski definition) is 0. The standard InChI is InChI=1S/C30H36/c1-29(2,3)23-11-7-21-15-19-10-14-26-20(9-13-25(19)27(21)17-23)16-22-8-12-24(18-28(22)26)30(4,5)6/h7-8,11-12,15-18,25-26H,9-10,13-14H2,1-6H3. The summed E-state index contributed by atoms with van der Waals surface area (Å²) in [6.07, 6.45) is 10.0. The van der Waals surface area contributed by atoms with E-state index >= 15 is 0 Å². The largest absolute Gasteiger partial charge is 0.0620 e. The van der Waals surface area contributed by atoms with Gasteiger partial charge in [0.05, 0.1) is 0 Å². The van der Waals surface area contributed by atoms with Crippen molar-refractivity contribution in [2.75, 3.05) is 0 Å². The van der Waals surface area contributed by atoms with Gasteiger partial charge in [-0.05, 0) is 69.9 Å². The van der Waals surface area contributed by atoms with Crippen molar-refractivity contribution in [3.05, 3.63) is 80.9 Å². The molecule has 0 aromatic heterocycles. The Hall–Kier alpha value is -2.08. The van der Waals surface area contributed by atoms with Crippen LogP contribution in [0, 0.1) is 0 Å². The first kappa shape index (κ1) is 19.9. The van der Waals surface area contributed by atoms with Crippen LogP contribution in [0.1, 0.15) is 112 Å². The van der Waals surface area contributed by atoms with Gasteiger partial charge in [-0.15, -0.1) is 0 Å². The number of fused-ring (bicyclic) bond motifs is 6. The fourth-order valence-electron chi connectivity index (χ4n) is 5.75. The van der Waals surface area contributed by atoms with Crippen molar-refractivity contribution in [2.45, 2.75) is 89.9 Å². The van der Waals surface area contributed by atoms with Crippen LogP contribution in [0.3, 0.4) is 0 Å². The summed E-state index contributed by atoms with van der Waals surface area (Å²) in [6.45, 7) is 14.0. The molecule has 0 saturated heterocycles. The van der Waals surface area contributed by atoms with Crippen molar-refractivity contribution in [1.29, 1.82) is 0 Å². The van der Waals surface area contributed by atoms with Crippen molar-refractivity contribution in [1.82, 2.24) is 0 Å². The van der Waals surface area contributed by atoms with Gasteiger partial charge in [0.15, 0.2) is 0 Å². The Morgan fingerprint density at radius 3 is 1.37 bits per heavy atom. The van der Waals surface area contributed by atoms with Gasteiger partial charge in [-0.3, -0.25) is 0 Å². The van der Waals surface area contributed by atoms with Crippen LogP contribution < -0.4 is 0 Å². The molecular formula is C30H36. The number of benzene rings is 2. The van der Waals surface area contributed by atoms with Gasteiger partial charge in [-0.2, -0.15) is 0 Å². The van der Waals surface area contributed by atoms with Gasteiger partial charge >= 0.3 is 0 Å². The van der Waals surface area contributed by atoms with E-state index in [-0.39, 0.29) is 10.8 Å². The normalized spacial score (nSPS) is 22.9. The molecule has 5 rings (SSSR count). The molecule has 156 valence electrons. The average Bonchev–Trinajstić information content (AvgIpc) is 3.16. The van der Waals surface area contributed by atoms with Gasteiger partial charge in [0.1, 0.15) is 0 Å². The highest BCUT2D eigenvalue weighted by Crippen LogP contribution is 2.51. The van der Waals surface area contributed by atoms with E-state index in [2.05, 4.69) is 90.1 Å². The minimum atomic E-state index is 0.213. The summed E-state index contributed by atoms with van der Waals surface area (Å²) in [5.41, 5.74) is 12.8. The molecule has 0 heterocycles. The molecule has 30 heavy (non-hydrogen) atoms. The van der Waals surface area contributed by atoms with Crippen LogP contribution in [0.4, 0.5) is 0 Å². The molecule has 3 aliphatic rings. The third kappa shape index (κ3) is 3.29. The van der Waals surface area contributed by atoms with Gasteiger partial charge in [-0.1, -0.05) is 101 Å². The average molecular weight is 397 g/mol. The monoisotopic (exact) mass is 396 g/mol. The van der Waals surface area contributed by atoms with Crippen molar-refractivity contribution in [3.8, 4) is 0 Å². The van der Waals surface area contributed by atoms with E-state index in [1.807, 2.05) is 0 Å². The summed E-state index contributed by atoms with van der Waals surface area (Å²) in [6, 6.07) is 14.5. The molecule has 0 nitrogen and oxygen atoms in total. The Morgan fingerprint density at radius 2 is 1.00 bits per heavy atom. The first-order chi connectivity index (χ1) is 14.1. The predicted octanol–water partition coefficient (Wildman–Crippen LogP) is 8.52. The first-order valence-corrected chi connectivity index (χ1v) is 11.8. The summed E-state index contributed by atoms with van der Waals surface area (Å²) in [5, 5.41) is 0. The Labute approximate surface area is 183 Å². The minimum absolute atomic E-state index is 0.213. The summed E-state index contributed by atoms with van der Waals surface area (Å²) < 4.78 is 0. The van der Waals surface area contributed by atoms with E-state index < -0.39 is 0 Å². The molecule has 0 amide bonds. The number of allylic oxidation sites excluding steroid dienone is 2. The molecule has 2 atom stereocenters. The lowest BCUT2D eigenvalue weighted by Crippen LogP contribution is -2.14. The lowest BCUT2D eigenvalue weighted by Gasteiger charge is -2.27. The van der Waals surface area contributed by atoms with E-state index in [4.69, 9.17) is 0 Å². The molecule has 0 radical (unpaired) electrons. The fraction of sp³-hybridized carbons (Fsp3) is 0.467. The van der Waals surface area contributed by atoms with Crippen molar-refractivity contribution < 1.29 is 0 Å². The molecule has 0 spiro atoms. The zero-order valence-corrected chi connectivity index (χ0v) is 19.6. The van der Waals surface area contributed by atoms with Crippen LogP contribution in [0.5, 0.6) is 0 Å². The molecule has 3 aliphatic carbocycles. The van der Waals surface area contributed by atoms with Crippen molar-refractivity contribution in [3.63, 3.8) is 0 Å². The summed E-state index contributed by atoms with van der Waals surface area (Å²) in [5.74, 6) is 1.25. The lowest BCUT2D eigenvalue weighted by atomic mass is 9.77. The molecule has 0 bridgehead atoms. The van der Waals surface area contributed by atoms with Gasteiger partial charge in [0, 0.05) is 11.8 Å². The molecule has 1 saturated carbocycles. The van der Waals surface area contributed by atoms with Gasteiger partial charge in [0.2, 0.25) is 0 Å². The van der Waals surface area contributed by atoms with Gasteiger partial charge in [-0.25, -0.2) is 0 Å². The third-order valence-electron chi connectivity index (χ3n) is 7.68. The minimum Gasteiger partial charge on any atom is -0.0620 e. The predicted molar refractivity (Wildman–Crippen MR) is 130 cm³/mol. The molecule has 0 aliphatic heterocycles. The molecule has 2 aromatic carbocycles. The van der Waals surface area contributed by atoms with E-state index in [1.54, 1.807) is 22.3 Å². The lowest BCUT2D eigenvalue weighted by molar-refractivity contribution is 0.568. The van der Waals surface area contributed by atoms with Crippen LogP contribution in [0.2, 0.25) is 0 Å². The zero-order chi connectivity index (χ0) is 21.3. The van der Waals surface area contributed by atoms with Crippen LogP contribution in [-0.4, -0.2) is 0 Å². The highest BCUT2D eigenvalue weighted by Gasteiger charge is 2.33. The Morgan fingerprint density at radius 1 is 0.600 bits per heavy atom. The van der Waals surface area contributed by atoms with Crippen LogP contribution in [-0.2, 0) is 10.8 Å². The maximum atomic E-state index is 2.52. The second-order valence-corrected chi connectivity index (χ2v) is 11.8.